The Labute approximate surface area is 128 Å². The highest BCUT2D eigenvalue weighted by atomic mass is 32.1. The maximum atomic E-state index is 11.2. The summed E-state index contributed by atoms with van der Waals surface area (Å²) in [6, 6.07) is 7.76. The van der Waals surface area contributed by atoms with Gasteiger partial charge in [0.15, 0.2) is 6.61 Å². The second-order valence-corrected chi connectivity index (χ2v) is 5.54. The largest absolute Gasteiger partial charge is 0.484 e. The van der Waals surface area contributed by atoms with Crippen molar-refractivity contribution >= 4 is 22.9 Å². The van der Waals surface area contributed by atoms with Crippen LogP contribution in [0.5, 0.6) is 5.75 Å². The number of benzene rings is 1. The van der Waals surface area contributed by atoms with E-state index in [-0.39, 0.29) is 18.6 Å². The molecule has 0 fully saturated rings. The van der Waals surface area contributed by atoms with Crippen LogP contribution in [0, 0.1) is 6.92 Å². The Hall–Kier alpha value is -2.08. The van der Waals surface area contributed by atoms with Crippen molar-refractivity contribution in [1.82, 2.24) is 10.3 Å². The van der Waals surface area contributed by atoms with E-state index < -0.39 is 0 Å². The van der Waals surface area contributed by atoms with Gasteiger partial charge in [-0.2, -0.15) is 0 Å². The van der Waals surface area contributed by atoms with E-state index in [9.17, 15) is 4.79 Å². The Kier molecular flexibility index (Phi) is 5.16. The van der Waals surface area contributed by atoms with Crippen molar-refractivity contribution in [2.24, 2.45) is 0 Å². The van der Waals surface area contributed by atoms with Crippen molar-refractivity contribution in [1.29, 1.82) is 0 Å². The first-order chi connectivity index (χ1) is 10.1. The van der Waals surface area contributed by atoms with Crippen molar-refractivity contribution in [3.63, 3.8) is 0 Å². The number of anilines is 1. The lowest BCUT2D eigenvalue weighted by atomic mass is 10.2. The normalized spacial score (nSPS) is 11.8. The van der Waals surface area contributed by atoms with E-state index in [4.69, 9.17) is 4.74 Å². The van der Waals surface area contributed by atoms with Crippen LogP contribution in [0.15, 0.2) is 29.8 Å². The number of aromatic nitrogens is 1. The summed E-state index contributed by atoms with van der Waals surface area (Å²) in [7, 11) is 1.59. The highest BCUT2D eigenvalue weighted by molar-refractivity contribution is 7.09. The fraction of sp³-hybridized carbons (Fsp3) is 0.333. The maximum Gasteiger partial charge on any atom is 0.257 e. The van der Waals surface area contributed by atoms with Gasteiger partial charge in [-0.05, 0) is 26.0 Å². The van der Waals surface area contributed by atoms with E-state index in [0.29, 0.717) is 5.75 Å². The van der Waals surface area contributed by atoms with Gasteiger partial charge in [-0.3, -0.25) is 4.79 Å². The van der Waals surface area contributed by atoms with E-state index in [2.05, 4.69) is 22.5 Å². The number of nitrogens with one attached hydrogen (secondary N) is 2. The molecule has 0 saturated heterocycles. The molecule has 1 amide bonds. The van der Waals surface area contributed by atoms with Crippen LogP contribution >= 0.6 is 11.3 Å². The van der Waals surface area contributed by atoms with Crippen LogP contribution in [0.2, 0.25) is 0 Å². The van der Waals surface area contributed by atoms with Gasteiger partial charge in [0, 0.05) is 23.7 Å². The molecule has 2 rings (SSSR count). The minimum atomic E-state index is -0.151. The third-order valence-electron chi connectivity index (χ3n) is 3.04. The molecule has 0 aliphatic carbocycles. The second-order valence-electron chi connectivity index (χ2n) is 4.66. The third-order valence-corrected chi connectivity index (χ3v) is 4.16. The molecule has 5 nitrogen and oxygen atoms in total. The fourth-order valence-electron chi connectivity index (χ4n) is 1.94. The molecule has 112 valence electrons. The minimum absolute atomic E-state index is 0.0173. The van der Waals surface area contributed by atoms with Gasteiger partial charge in [-0.15, -0.1) is 11.3 Å². The van der Waals surface area contributed by atoms with Gasteiger partial charge >= 0.3 is 0 Å². The van der Waals surface area contributed by atoms with Crippen LogP contribution in [0.1, 0.15) is 23.5 Å². The van der Waals surface area contributed by atoms with Gasteiger partial charge in [0.25, 0.3) is 5.91 Å². The lowest BCUT2D eigenvalue weighted by molar-refractivity contribution is -0.122. The van der Waals surface area contributed by atoms with Crippen LogP contribution in [0.25, 0.3) is 0 Å². The van der Waals surface area contributed by atoms with Crippen LogP contribution in [-0.2, 0) is 4.79 Å². The highest BCUT2D eigenvalue weighted by Gasteiger charge is 2.11. The number of hydrogen-bond donors (Lipinski definition) is 2. The summed E-state index contributed by atoms with van der Waals surface area (Å²) in [5, 5.41) is 5.94. The first-order valence-electron chi connectivity index (χ1n) is 6.70. The van der Waals surface area contributed by atoms with Gasteiger partial charge < -0.3 is 15.4 Å². The van der Waals surface area contributed by atoms with Crippen molar-refractivity contribution in [2.75, 3.05) is 19.0 Å². The lowest BCUT2D eigenvalue weighted by Crippen LogP contribution is -2.24. The quantitative estimate of drug-likeness (QED) is 0.861. The molecule has 0 spiro atoms. The maximum absolute atomic E-state index is 11.2. The zero-order chi connectivity index (χ0) is 15.2. The fourth-order valence-corrected chi connectivity index (χ4v) is 2.75. The predicted molar refractivity (Wildman–Crippen MR) is 84.9 cm³/mol. The summed E-state index contributed by atoms with van der Waals surface area (Å²) in [6.45, 7) is 4.12. The Balaban J connectivity index is 2.01. The summed E-state index contributed by atoms with van der Waals surface area (Å²) in [5.74, 6) is 0.513. The number of thiazole rings is 1. The standard InChI is InChI=1S/C15H19N3O2S/c1-10-15(21-9-17-10)11(2)18-12-5-4-6-13(7-12)20-8-14(19)16-3/h4-7,9,11,18H,8H2,1-3H3,(H,16,19). The molecular weight excluding hydrogens is 286 g/mol. The predicted octanol–water partition coefficient (Wildman–Crippen LogP) is 2.75. The third kappa shape index (κ3) is 4.19. The van der Waals surface area contributed by atoms with Gasteiger partial charge in [-0.25, -0.2) is 4.98 Å². The molecule has 0 bridgehead atoms. The monoisotopic (exact) mass is 305 g/mol. The number of rotatable bonds is 6. The van der Waals surface area contributed by atoms with Gasteiger partial charge in [0.2, 0.25) is 0 Å². The summed E-state index contributed by atoms with van der Waals surface area (Å²) < 4.78 is 5.43. The zero-order valence-electron chi connectivity index (χ0n) is 12.3. The Bertz CT molecular complexity index is 612. The van der Waals surface area contributed by atoms with E-state index in [1.54, 1.807) is 18.4 Å². The molecule has 0 radical (unpaired) electrons. The summed E-state index contributed by atoms with van der Waals surface area (Å²) >= 11 is 1.64. The molecule has 1 heterocycles. The molecule has 2 aromatic rings. The SMILES string of the molecule is CNC(=O)COc1cccc(NC(C)c2scnc2C)c1. The molecule has 1 aromatic carbocycles. The van der Waals surface area contributed by atoms with Gasteiger partial charge in [0.1, 0.15) is 5.75 Å². The number of likely N-dealkylation sites (N-methyl/N-ethyl adjacent to an activating group) is 1. The molecule has 2 N–H and O–H groups in total. The average molecular weight is 305 g/mol. The molecule has 21 heavy (non-hydrogen) atoms. The first-order valence-corrected chi connectivity index (χ1v) is 7.58. The first kappa shape index (κ1) is 15.3. The molecule has 1 unspecified atom stereocenters. The van der Waals surface area contributed by atoms with Crippen LogP contribution in [-0.4, -0.2) is 24.5 Å². The molecule has 0 aliphatic heterocycles. The zero-order valence-corrected chi connectivity index (χ0v) is 13.2. The van der Waals surface area contributed by atoms with Crippen LogP contribution < -0.4 is 15.4 Å². The summed E-state index contributed by atoms with van der Waals surface area (Å²) in [5.41, 5.74) is 3.85. The molecular formula is C15H19N3O2S. The molecule has 1 atom stereocenters. The van der Waals surface area contributed by atoms with Crippen molar-refractivity contribution in [3.8, 4) is 5.75 Å². The smallest absolute Gasteiger partial charge is 0.257 e. The molecule has 1 aromatic heterocycles. The molecule has 0 aliphatic rings. The van der Waals surface area contributed by atoms with Crippen molar-refractivity contribution in [2.45, 2.75) is 19.9 Å². The van der Waals surface area contributed by atoms with Gasteiger partial charge in [-0.1, -0.05) is 6.07 Å². The minimum Gasteiger partial charge on any atom is -0.484 e. The number of ether oxygens (including phenoxy) is 1. The number of amides is 1. The highest BCUT2D eigenvalue weighted by Crippen LogP contribution is 2.26. The number of nitrogens with zero attached hydrogens (tertiary/aromatic N) is 1. The Morgan fingerprint density at radius 1 is 1.48 bits per heavy atom. The van der Waals surface area contributed by atoms with E-state index in [1.165, 1.54) is 4.88 Å². The molecule has 6 heteroatoms. The van der Waals surface area contributed by atoms with E-state index in [0.717, 1.165) is 11.4 Å². The second kappa shape index (κ2) is 7.08. The number of carbonyl (C=O) groups is 1. The van der Waals surface area contributed by atoms with Crippen molar-refractivity contribution in [3.05, 3.63) is 40.3 Å². The summed E-state index contributed by atoms with van der Waals surface area (Å²) in [6.07, 6.45) is 0. The lowest BCUT2D eigenvalue weighted by Gasteiger charge is -2.15. The van der Waals surface area contributed by atoms with E-state index in [1.807, 2.05) is 36.7 Å². The van der Waals surface area contributed by atoms with Crippen LogP contribution in [0.3, 0.4) is 0 Å². The molecule has 0 saturated carbocycles. The van der Waals surface area contributed by atoms with E-state index >= 15 is 0 Å². The van der Waals surface area contributed by atoms with Crippen molar-refractivity contribution < 1.29 is 9.53 Å². The number of hydrogen-bond acceptors (Lipinski definition) is 5. The number of carbonyl (C=O) groups excluding carboxylic acids is 1. The van der Waals surface area contributed by atoms with Gasteiger partial charge in [0.05, 0.1) is 17.2 Å². The Morgan fingerprint density at radius 3 is 2.95 bits per heavy atom. The topological polar surface area (TPSA) is 63.2 Å². The van der Waals surface area contributed by atoms with Crippen LogP contribution in [0.4, 0.5) is 5.69 Å². The average Bonchev–Trinajstić information content (AvgIpc) is 2.91. The number of aryl methyl sites for hydroxylation is 1. The Morgan fingerprint density at radius 2 is 2.29 bits per heavy atom. The summed E-state index contributed by atoms with van der Waals surface area (Å²) in [4.78, 5) is 16.7.